The lowest BCUT2D eigenvalue weighted by Crippen LogP contribution is -2.42. The zero-order valence-corrected chi connectivity index (χ0v) is 9.63. The minimum atomic E-state index is -0.213. The number of piperidine rings is 1. The zero-order valence-electron chi connectivity index (χ0n) is 9.63. The molecule has 1 aliphatic rings. The first kappa shape index (κ1) is 11.4. The number of β-amino-alcohol motifs (C(OH)–C–C–N with tert-alkyl or cyclic N) is 1. The Morgan fingerprint density at radius 3 is 3.12 bits per heavy atom. The molecule has 0 spiro atoms. The van der Waals surface area contributed by atoms with E-state index in [0.29, 0.717) is 5.92 Å². The highest BCUT2D eigenvalue weighted by Crippen LogP contribution is 2.18. The van der Waals surface area contributed by atoms with E-state index in [9.17, 15) is 5.11 Å². The number of likely N-dealkylation sites (tertiary alicyclic amines) is 1. The van der Waals surface area contributed by atoms with Gasteiger partial charge in [0.1, 0.15) is 0 Å². The topological polar surface area (TPSA) is 62.4 Å². The van der Waals surface area contributed by atoms with Gasteiger partial charge in [-0.3, -0.25) is 9.88 Å². The first-order valence-electron chi connectivity index (χ1n) is 5.76. The van der Waals surface area contributed by atoms with Crippen molar-refractivity contribution in [1.29, 1.82) is 0 Å². The number of aromatic nitrogens is 1. The third kappa shape index (κ3) is 2.71. The van der Waals surface area contributed by atoms with Crippen LogP contribution in [-0.4, -0.2) is 34.2 Å². The lowest BCUT2D eigenvalue weighted by Gasteiger charge is -2.33. The Bertz CT molecular complexity index is 356. The SMILES string of the molecule is CC1CCN(Cc2cc(N)ccn2)CC1O. The standard InChI is InChI=1S/C12H19N3O/c1-9-3-5-15(8-12(9)16)7-11-6-10(13)2-4-14-11/h2,4,6,9,12,16H,3,5,7-8H2,1H3,(H2,13,14). The van der Waals surface area contributed by atoms with Crippen LogP contribution in [0.2, 0.25) is 0 Å². The van der Waals surface area contributed by atoms with E-state index >= 15 is 0 Å². The van der Waals surface area contributed by atoms with Crippen LogP contribution in [0.15, 0.2) is 18.3 Å². The van der Waals surface area contributed by atoms with Crippen LogP contribution in [0.3, 0.4) is 0 Å². The lowest BCUT2D eigenvalue weighted by atomic mass is 9.96. The highest BCUT2D eigenvalue weighted by molar-refractivity contribution is 5.37. The van der Waals surface area contributed by atoms with Crippen LogP contribution in [0.25, 0.3) is 0 Å². The van der Waals surface area contributed by atoms with E-state index in [1.54, 1.807) is 12.3 Å². The van der Waals surface area contributed by atoms with E-state index in [1.165, 1.54) is 0 Å². The molecule has 2 atom stereocenters. The van der Waals surface area contributed by atoms with Crippen LogP contribution in [0.4, 0.5) is 5.69 Å². The highest BCUT2D eigenvalue weighted by atomic mass is 16.3. The van der Waals surface area contributed by atoms with E-state index in [2.05, 4.69) is 16.8 Å². The summed E-state index contributed by atoms with van der Waals surface area (Å²) in [7, 11) is 0. The quantitative estimate of drug-likeness (QED) is 0.777. The van der Waals surface area contributed by atoms with Crippen molar-refractivity contribution in [1.82, 2.24) is 9.88 Å². The second-order valence-corrected chi connectivity index (χ2v) is 4.65. The molecule has 0 radical (unpaired) electrons. The van der Waals surface area contributed by atoms with Gasteiger partial charge in [0.05, 0.1) is 11.8 Å². The normalized spacial score (nSPS) is 26.9. The van der Waals surface area contributed by atoms with Gasteiger partial charge in [-0.1, -0.05) is 6.92 Å². The van der Waals surface area contributed by atoms with Gasteiger partial charge in [-0.05, 0) is 31.0 Å². The van der Waals surface area contributed by atoms with Gasteiger partial charge in [-0.25, -0.2) is 0 Å². The third-order valence-corrected chi connectivity index (χ3v) is 3.23. The molecule has 1 aliphatic heterocycles. The summed E-state index contributed by atoms with van der Waals surface area (Å²) in [4.78, 5) is 6.50. The predicted molar refractivity (Wildman–Crippen MR) is 63.7 cm³/mol. The van der Waals surface area contributed by atoms with Crippen LogP contribution in [0, 0.1) is 5.92 Å². The second kappa shape index (κ2) is 4.80. The molecule has 3 N–H and O–H groups in total. The molecular formula is C12H19N3O. The summed E-state index contributed by atoms with van der Waals surface area (Å²) in [6, 6.07) is 3.68. The van der Waals surface area contributed by atoms with E-state index in [0.717, 1.165) is 37.4 Å². The molecule has 0 saturated carbocycles. The molecule has 0 amide bonds. The molecule has 1 aromatic rings. The number of nitrogens with two attached hydrogens (primary N) is 1. The van der Waals surface area contributed by atoms with Gasteiger partial charge in [0.25, 0.3) is 0 Å². The van der Waals surface area contributed by atoms with Gasteiger partial charge in [-0.15, -0.1) is 0 Å². The van der Waals surface area contributed by atoms with E-state index in [4.69, 9.17) is 5.73 Å². The van der Waals surface area contributed by atoms with Gasteiger partial charge < -0.3 is 10.8 Å². The van der Waals surface area contributed by atoms with Crippen LogP contribution in [0.1, 0.15) is 19.0 Å². The van der Waals surface area contributed by atoms with Gasteiger partial charge in [0, 0.05) is 25.0 Å². The number of aliphatic hydroxyl groups excluding tert-OH is 1. The molecule has 4 nitrogen and oxygen atoms in total. The Balaban J connectivity index is 1.95. The summed E-state index contributed by atoms with van der Waals surface area (Å²) >= 11 is 0. The number of nitrogens with zero attached hydrogens (tertiary/aromatic N) is 2. The predicted octanol–water partition coefficient (Wildman–Crippen LogP) is 0.867. The lowest BCUT2D eigenvalue weighted by molar-refractivity contribution is 0.0254. The van der Waals surface area contributed by atoms with Crippen molar-refractivity contribution in [2.75, 3.05) is 18.8 Å². The Kier molecular flexibility index (Phi) is 3.41. The van der Waals surface area contributed by atoms with E-state index in [1.807, 2.05) is 6.07 Å². The fourth-order valence-electron chi connectivity index (χ4n) is 2.07. The smallest absolute Gasteiger partial charge is 0.0693 e. The van der Waals surface area contributed by atoms with Crippen molar-refractivity contribution < 1.29 is 5.11 Å². The van der Waals surface area contributed by atoms with Crippen LogP contribution < -0.4 is 5.73 Å². The Hall–Kier alpha value is -1.13. The van der Waals surface area contributed by atoms with Gasteiger partial charge >= 0.3 is 0 Å². The van der Waals surface area contributed by atoms with Crippen molar-refractivity contribution in [3.8, 4) is 0 Å². The van der Waals surface area contributed by atoms with Crippen LogP contribution in [0.5, 0.6) is 0 Å². The number of hydrogen-bond acceptors (Lipinski definition) is 4. The summed E-state index contributed by atoms with van der Waals surface area (Å²) in [5.41, 5.74) is 7.43. The highest BCUT2D eigenvalue weighted by Gasteiger charge is 2.24. The molecule has 0 aliphatic carbocycles. The summed E-state index contributed by atoms with van der Waals surface area (Å²) in [6.07, 6.45) is 2.56. The van der Waals surface area contributed by atoms with Crippen molar-refractivity contribution >= 4 is 5.69 Å². The Morgan fingerprint density at radius 1 is 1.62 bits per heavy atom. The van der Waals surface area contributed by atoms with Crippen molar-refractivity contribution in [3.63, 3.8) is 0 Å². The van der Waals surface area contributed by atoms with Gasteiger partial charge in [-0.2, -0.15) is 0 Å². The molecule has 1 fully saturated rings. The zero-order chi connectivity index (χ0) is 11.5. The maximum atomic E-state index is 9.79. The molecule has 2 rings (SSSR count). The fraction of sp³-hybridized carbons (Fsp3) is 0.583. The van der Waals surface area contributed by atoms with E-state index in [-0.39, 0.29) is 6.10 Å². The van der Waals surface area contributed by atoms with Crippen molar-refractivity contribution in [3.05, 3.63) is 24.0 Å². The molecule has 1 saturated heterocycles. The summed E-state index contributed by atoms with van der Waals surface area (Å²) in [5, 5.41) is 9.79. The van der Waals surface area contributed by atoms with Gasteiger partial charge in [0.2, 0.25) is 0 Å². The van der Waals surface area contributed by atoms with E-state index < -0.39 is 0 Å². The van der Waals surface area contributed by atoms with Crippen LogP contribution in [-0.2, 0) is 6.54 Å². The number of hydrogen-bond donors (Lipinski definition) is 2. The molecule has 88 valence electrons. The number of nitrogen functional groups attached to an aromatic ring is 1. The third-order valence-electron chi connectivity index (χ3n) is 3.23. The molecule has 16 heavy (non-hydrogen) atoms. The Morgan fingerprint density at radius 2 is 2.44 bits per heavy atom. The summed E-state index contributed by atoms with van der Waals surface area (Å²) in [6.45, 7) is 4.63. The Labute approximate surface area is 96.1 Å². The molecule has 4 heteroatoms. The number of aliphatic hydroxyl groups is 1. The largest absolute Gasteiger partial charge is 0.399 e. The first-order chi connectivity index (χ1) is 7.65. The number of pyridine rings is 1. The number of rotatable bonds is 2. The fourth-order valence-corrected chi connectivity index (χ4v) is 2.07. The molecule has 2 unspecified atom stereocenters. The second-order valence-electron chi connectivity index (χ2n) is 4.65. The number of anilines is 1. The monoisotopic (exact) mass is 221 g/mol. The molecule has 1 aromatic heterocycles. The average molecular weight is 221 g/mol. The first-order valence-corrected chi connectivity index (χ1v) is 5.76. The van der Waals surface area contributed by atoms with Crippen LogP contribution >= 0.6 is 0 Å². The minimum Gasteiger partial charge on any atom is -0.399 e. The van der Waals surface area contributed by atoms with Crippen molar-refractivity contribution in [2.24, 2.45) is 5.92 Å². The molecule has 0 aromatic carbocycles. The average Bonchev–Trinajstić information content (AvgIpc) is 2.24. The minimum absolute atomic E-state index is 0.213. The van der Waals surface area contributed by atoms with Gasteiger partial charge in [0.15, 0.2) is 0 Å². The molecule has 2 heterocycles. The summed E-state index contributed by atoms with van der Waals surface area (Å²) < 4.78 is 0. The molecule has 0 bridgehead atoms. The molecular weight excluding hydrogens is 202 g/mol. The maximum Gasteiger partial charge on any atom is 0.0693 e. The maximum absolute atomic E-state index is 9.79. The summed E-state index contributed by atoms with van der Waals surface area (Å²) in [5.74, 6) is 0.407. The van der Waals surface area contributed by atoms with Crippen molar-refractivity contribution in [2.45, 2.75) is 26.0 Å².